The van der Waals surface area contributed by atoms with Crippen molar-refractivity contribution < 1.29 is 14.7 Å². The number of carbonyl (C=O) groups excluding carboxylic acids is 2. The van der Waals surface area contributed by atoms with E-state index in [1.807, 2.05) is 66.7 Å². The van der Waals surface area contributed by atoms with Gasteiger partial charge in [-0.05, 0) is 42.3 Å². The van der Waals surface area contributed by atoms with E-state index in [2.05, 4.69) is 25.6 Å². The fraction of sp³-hybridized carbons (Fsp3) is 0.333. The second-order valence-electron chi connectivity index (χ2n) is 10.6. The largest absolute Gasteiger partial charge is 0.390 e. The number of aliphatic hydroxyl groups excluding tert-OH is 1. The molecule has 0 spiro atoms. The van der Waals surface area contributed by atoms with E-state index < -0.39 is 0 Å². The van der Waals surface area contributed by atoms with Crippen molar-refractivity contribution >= 4 is 40.5 Å². The van der Waals surface area contributed by atoms with Gasteiger partial charge >= 0.3 is 6.03 Å². The van der Waals surface area contributed by atoms with Gasteiger partial charge in [-0.1, -0.05) is 18.2 Å². The maximum absolute atomic E-state index is 13.8. The minimum atomic E-state index is -0.0946. The van der Waals surface area contributed by atoms with E-state index in [-0.39, 0.29) is 18.5 Å². The van der Waals surface area contributed by atoms with Crippen LogP contribution >= 0.6 is 11.3 Å². The number of fused-ring (bicyclic) bond motifs is 2. The Kier molecular flexibility index (Phi) is 7.92. The van der Waals surface area contributed by atoms with E-state index in [0.29, 0.717) is 37.4 Å². The zero-order valence-corrected chi connectivity index (χ0v) is 24.5. The molecule has 4 aromatic rings. The Morgan fingerprint density at radius 1 is 1.12 bits per heavy atom. The number of hydrogen-bond donors (Lipinski definition) is 3. The highest BCUT2D eigenvalue weighted by Crippen LogP contribution is 2.36. The van der Waals surface area contributed by atoms with Gasteiger partial charge in [0.1, 0.15) is 10.8 Å². The molecule has 4 heterocycles. The maximum Gasteiger partial charge on any atom is 0.317 e. The van der Waals surface area contributed by atoms with Crippen LogP contribution in [0.15, 0.2) is 54.0 Å². The van der Waals surface area contributed by atoms with Crippen LogP contribution in [0.3, 0.4) is 0 Å². The molecule has 3 N–H and O–H groups in total. The molecule has 2 aromatic heterocycles. The number of amides is 3. The monoisotopic (exact) mass is 586 g/mol. The van der Waals surface area contributed by atoms with Gasteiger partial charge in [-0.3, -0.25) is 14.4 Å². The number of nitrogens with zero attached hydrogens (tertiary/aromatic N) is 6. The number of thiazole rings is 1. The topological polar surface area (TPSA) is 119 Å². The molecular formula is C30H34N8O3S. The summed E-state index contributed by atoms with van der Waals surface area (Å²) < 4.78 is 1.78. The van der Waals surface area contributed by atoms with E-state index in [9.17, 15) is 14.7 Å². The molecule has 42 heavy (non-hydrogen) atoms. The third-order valence-electron chi connectivity index (χ3n) is 7.84. The summed E-state index contributed by atoms with van der Waals surface area (Å²) in [6.45, 7) is 6.27. The lowest BCUT2D eigenvalue weighted by Gasteiger charge is -2.34. The molecular weight excluding hydrogens is 552 g/mol. The van der Waals surface area contributed by atoms with Gasteiger partial charge in [0, 0.05) is 56.3 Å². The van der Waals surface area contributed by atoms with E-state index in [4.69, 9.17) is 0 Å². The van der Waals surface area contributed by atoms with Crippen molar-refractivity contribution in [1.82, 2.24) is 29.9 Å². The van der Waals surface area contributed by atoms with Crippen LogP contribution in [0.2, 0.25) is 0 Å². The predicted octanol–water partition coefficient (Wildman–Crippen LogP) is 3.61. The van der Waals surface area contributed by atoms with Crippen molar-refractivity contribution in [1.29, 1.82) is 0 Å². The fourth-order valence-corrected chi connectivity index (χ4v) is 6.23. The SMILES string of the molecule is Cc1cc(C(=O)N2Cc3cnn(C)c3Nc3ccccc32)ccc1CNC(=O)N1CCN(Cc2nc(CO)cs2)CC1. The fourth-order valence-electron chi connectivity index (χ4n) is 5.40. The lowest BCUT2D eigenvalue weighted by atomic mass is 10.0. The van der Waals surface area contributed by atoms with Crippen molar-refractivity contribution in [2.24, 2.45) is 7.05 Å². The number of aromatic nitrogens is 3. The number of piperazine rings is 1. The average Bonchev–Trinajstić information content (AvgIpc) is 3.56. The molecule has 2 aliphatic rings. The van der Waals surface area contributed by atoms with E-state index >= 15 is 0 Å². The Bertz CT molecular complexity index is 1610. The van der Waals surface area contributed by atoms with Crippen LogP contribution in [0.4, 0.5) is 22.0 Å². The normalized spacial score (nSPS) is 15.0. The van der Waals surface area contributed by atoms with Gasteiger partial charge in [0.15, 0.2) is 0 Å². The van der Waals surface area contributed by atoms with Gasteiger partial charge in [0.2, 0.25) is 0 Å². The van der Waals surface area contributed by atoms with Gasteiger partial charge in [-0.2, -0.15) is 5.10 Å². The van der Waals surface area contributed by atoms with Gasteiger partial charge < -0.3 is 25.5 Å². The molecule has 0 atom stereocenters. The predicted molar refractivity (Wildman–Crippen MR) is 162 cm³/mol. The van der Waals surface area contributed by atoms with E-state index in [1.54, 1.807) is 27.1 Å². The van der Waals surface area contributed by atoms with Crippen LogP contribution in [0, 0.1) is 6.92 Å². The molecule has 3 amide bonds. The molecule has 0 unspecified atom stereocenters. The number of benzene rings is 2. The van der Waals surface area contributed by atoms with Crippen molar-refractivity contribution in [3.05, 3.63) is 87.0 Å². The number of anilines is 3. The number of para-hydroxylation sites is 2. The summed E-state index contributed by atoms with van der Waals surface area (Å²) in [5.74, 6) is 0.778. The Morgan fingerprint density at radius 3 is 2.69 bits per heavy atom. The smallest absolute Gasteiger partial charge is 0.317 e. The number of urea groups is 1. The lowest BCUT2D eigenvalue weighted by Crippen LogP contribution is -2.51. The minimum Gasteiger partial charge on any atom is -0.390 e. The summed E-state index contributed by atoms with van der Waals surface area (Å²) in [6, 6.07) is 13.3. The number of aryl methyl sites for hydroxylation is 2. The van der Waals surface area contributed by atoms with Crippen LogP contribution in [-0.4, -0.2) is 67.8 Å². The van der Waals surface area contributed by atoms with Crippen molar-refractivity contribution in [2.45, 2.75) is 33.2 Å². The number of aliphatic hydroxyl groups is 1. The summed E-state index contributed by atoms with van der Waals surface area (Å²) in [7, 11) is 1.88. The average molecular weight is 587 g/mol. The lowest BCUT2D eigenvalue weighted by molar-refractivity contribution is 0.0985. The second-order valence-corrected chi connectivity index (χ2v) is 11.6. The van der Waals surface area contributed by atoms with Crippen LogP contribution in [0.1, 0.15) is 37.7 Å². The Hall–Kier alpha value is -4.26. The first kappa shape index (κ1) is 27.9. The molecule has 0 radical (unpaired) electrons. The van der Waals surface area contributed by atoms with Crippen LogP contribution in [0.5, 0.6) is 0 Å². The third kappa shape index (κ3) is 5.73. The first-order valence-corrected chi connectivity index (χ1v) is 14.8. The van der Waals surface area contributed by atoms with E-state index in [0.717, 1.165) is 58.5 Å². The number of carbonyl (C=O) groups is 2. The molecule has 12 heteroatoms. The van der Waals surface area contributed by atoms with Gasteiger partial charge in [0.25, 0.3) is 5.91 Å². The summed E-state index contributed by atoms with van der Waals surface area (Å²) in [5.41, 5.74) is 5.81. The van der Waals surface area contributed by atoms with Crippen molar-refractivity contribution in [3.8, 4) is 0 Å². The standard InChI is InChI=1S/C30H34N8O3S/c1-20-13-21(29(40)38-16-23-15-32-35(2)28(23)34-25-5-3-4-6-26(25)38)7-8-22(20)14-31-30(41)37-11-9-36(10-12-37)17-27-33-24(18-39)19-42-27/h3-8,13,15,19,34,39H,9-12,14,16-18H2,1-2H3,(H,31,41). The number of nitrogens with one attached hydrogen (secondary N) is 2. The van der Waals surface area contributed by atoms with Gasteiger partial charge in [-0.15, -0.1) is 11.3 Å². The van der Waals surface area contributed by atoms with E-state index in [1.165, 1.54) is 0 Å². The van der Waals surface area contributed by atoms with Crippen molar-refractivity contribution in [3.63, 3.8) is 0 Å². The molecule has 2 aromatic carbocycles. The highest BCUT2D eigenvalue weighted by molar-refractivity contribution is 7.09. The first-order chi connectivity index (χ1) is 20.4. The minimum absolute atomic E-state index is 0.0411. The van der Waals surface area contributed by atoms with Gasteiger partial charge in [0.05, 0.1) is 43.0 Å². The molecule has 2 aliphatic heterocycles. The molecule has 1 fully saturated rings. The molecule has 6 rings (SSSR count). The van der Waals surface area contributed by atoms with Crippen LogP contribution in [0.25, 0.3) is 0 Å². The quantitative estimate of drug-likeness (QED) is 0.316. The molecule has 0 aliphatic carbocycles. The van der Waals surface area contributed by atoms with Crippen molar-refractivity contribution in [2.75, 3.05) is 36.4 Å². The highest BCUT2D eigenvalue weighted by atomic mass is 32.1. The molecule has 11 nitrogen and oxygen atoms in total. The molecule has 0 bridgehead atoms. The highest BCUT2D eigenvalue weighted by Gasteiger charge is 2.27. The Morgan fingerprint density at radius 2 is 1.93 bits per heavy atom. The first-order valence-electron chi connectivity index (χ1n) is 14.0. The summed E-state index contributed by atoms with van der Waals surface area (Å²) in [6.07, 6.45) is 1.79. The Labute approximate surface area is 248 Å². The summed E-state index contributed by atoms with van der Waals surface area (Å²) in [4.78, 5) is 37.0. The zero-order valence-electron chi connectivity index (χ0n) is 23.7. The Balaban J connectivity index is 1.07. The summed E-state index contributed by atoms with van der Waals surface area (Å²) in [5, 5.41) is 22.9. The summed E-state index contributed by atoms with van der Waals surface area (Å²) >= 11 is 1.55. The van der Waals surface area contributed by atoms with Crippen LogP contribution < -0.4 is 15.5 Å². The second kappa shape index (κ2) is 11.9. The number of rotatable bonds is 6. The third-order valence-corrected chi connectivity index (χ3v) is 8.72. The van der Waals surface area contributed by atoms with Gasteiger partial charge in [-0.25, -0.2) is 9.78 Å². The molecule has 1 saturated heterocycles. The number of hydrogen-bond acceptors (Lipinski definition) is 8. The van der Waals surface area contributed by atoms with Crippen LogP contribution in [-0.2, 0) is 33.3 Å². The maximum atomic E-state index is 13.8. The molecule has 0 saturated carbocycles. The molecule has 218 valence electrons. The zero-order chi connectivity index (χ0) is 29.2.